The van der Waals surface area contributed by atoms with Gasteiger partial charge in [0.05, 0.1) is 6.54 Å². The maximum absolute atomic E-state index is 13.1. The van der Waals surface area contributed by atoms with Crippen molar-refractivity contribution in [2.45, 2.75) is 44.2 Å². The largest absolute Gasteiger partial charge is 0.352 e. The van der Waals surface area contributed by atoms with Gasteiger partial charge in [-0.1, -0.05) is 30.3 Å². The van der Waals surface area contributed by atoms with E-state index in [4.69, 9.17) is 0 Å². The number of benzene rings is 1. The van der Waals surface area contributed by atoms with Gasteiger partial charge >= 0.3 is 0 Å². The van der Waals surface area contributed by atoms with E-state index in [9.17, 15) is 9.59 Å². The number of nitrogens with zero attached hydrogens (tertiary/aromatic N) is 2. The highest BCUT2D eigenvalue weighted by Gasteiger charge is 2.32. The second-order valence-corrected chi connectivity index (χ2v) is 6.96. The number of nitrogens with one attached hydrogen (secondary N) is 1. The number of likely N-dealkylation sites (N-methyl/N-ethyl adjacent to an activating group) is 1. The standard InChI is InChI=1S/C19H27N3O2/c1-21(14-17(23)20-16-10-11-16)18(15-8-4-2-5-9-15)19(24)22-12-6-3-7-13-22/h2,4-5,8-9,16,18H,3,6-7,10-14H2,1H3,(H,20,23)/t18-/m0/s1. The van der Waals surface area contributed by atoms with Crippen molar-refractivity contribution >= 4 is 11.8 Å². The molecule has 1 aromatic rings. The van der Waals surface area contributed by atoms with Crippen LogP contribution in [0.1, 0.15) is 43.7 Å². The number of hydrogen-bond donors (Lipinski definition) is 1. The molecular weight excluding hydrogens is 302 g/mol. The zero-order valence-electron chi connectivity index (χ0n) is 14.4. The van der Waals surface area contributed by atoms with Gasteiger partial charge in [0.25, 0.3) is 0 Å². The summed E-state index contributed by atoms with van der Waals surface area (Å²) in [6.45, 7) is 1.89. The Hall–Kier alpha value is -1.88. The first kappa shape index (κ1) is 17.0. The monoisotopic (exact) mass is 329 g/mol. The SMILES string of the molecule is CN(CC(=O)NC1CC1)[C@H](C(=O)N1CCCCC1)c1ccccc1. The lowest BCUT2D eigenvalue weighted by atomic mass is 10.0. The maximum Gasteiger partial charge on any atom is 0.244 e. The van der Waals surface area contributed by atoms with Crippen LogP contribution in [0, 0.1) is 0 Å². The third kappa shape index (κ3) is 4.35. The summed E-state index contributed by atoms with van der Waals surface area (Å²) < 4.78 is 0. The molecule has 0 radical (unpaired) electrons. The van der Waals surface area contributed by atoms with Crippen LogP contribution in [0.4, 0.5) is 0 Å². The molecule has 1 atom stereocenters. The molecule has 5 heteroatoms. The molecule has 1 N–H and O–H groups in total. The number of carbonyl (C=O) groups excluding carboxylic acids is 2. The maximum atomic E-state index is 13.1. The summed E-state index contributed by atoms with van der Waals surface area (Å²) in [7, 11) is 1.87. The van der Waals surface area contributed by atoms with Crippen molar-refractivity contribution in [2.75, 3.05) is 26.7 Å². The molecule has 1 saturated carbocycles. The van der Waals surface area contributed by atoms with Crippen LogP contribution in [-0.4, -0.2) is 54.3 Å². The van der Waals surface area contributed by atoms with E-state index in [1.807, 2.05) is 47.2 Å². The summed E-state index contributed by atoms with van der Waals surface area (Å²) in [4.78, 5) is 29.1. The number of likely N-dealkylation sites (tertiary alicyclic amines) is 1. The summed E-state index contributed by atoms with van der Waals surface area (Å²) >= 11 is 0. The van der Waals surface area contributed by atoms with Crippen LogP contribution in [0.15, 0.2) is 30.3 Å². The normalized spacial score (nSPS) is 19.2. The molecule has 1 heterocycles. The number of rotatable bonds is 6. The molecule has 1 aliphatic heterocycles. The third-order valence-corrected chi connectivity index (χ3v) is 4.79. The molecule has 2 aliphatic rings. The van der Waals surface area contributed by atoms with E-state index in [2.05, 4.69) is 5.32 Å². The second-order valence-electron chi connectivity index (χ2n) is 6.96. The molecule has 5 nitrogen and oxygen atoms in total. The van der Waals surface area contributed by atoms with E-state index in [1.54, 1.807) is 0 Å². The van der Waals surface area contributed by atoms with Crippen LogP contribution in [-0.2, 0) is 9.59 Å². The summed E-state index contributed by atoms with van der Waals surface area (Å²) in [5.41, 5.74) is 0.954. The first-order chi connectivity index (χ1) is 11.6. The number of amides is 2. The van der Waals surface area contributed by atoms with Gasteiger partial charge in [0, 0.05) is 19.1 Å². The number of piperidine rings is 1. The molecule has 3 rings (SSSR count). The Morgan fingerprint density at radius 1 is 1.17 bits per heavy atom. The minimum absolute atomic E-state index is 0.00683. The first-order valence-corrected chi connectivity index (χ1v) is 8.98. The van der Waals surface area contributed by atoms with Crippen molar-refractivity contribution in [2.24, 2.45) is 0 Å². The molecule has 0 bridgehead atoms. The predicted molar refractivity (Wildman–Crippen MR) is 93.4 cm³/mol. The van der Waals surface area contributed by atoms with Crippen LogP contribution < -0.4 is 5.32 Å². The van der Waals surface area contributed by atoms with E-state index in [0.717, 1.165) is 44.3 Å². The van der Waals surface area contributed by atoms with E-state index in [1.165, 1.54) is 6.42 Å². The summed E-state index contributed by atoms with van der Waals surface area (Å²) in [6.07, 6.45) is 5.48. The summed E-state index contributed by atoms with van der Waals surface area (Å²) in [5, 5.41) is 3.00. The Morgan fingerprint density at radius 3 is 2.46 bits per heavy atom. The molecule has 130 valence electrons. The highest BCUT2D eigenvalue weighted by Crippen LogP contribution is 2.24. The van der Waals surface area contributed by atoms with Crippen molar-refractivity contribution in [1.82, 2.24) is 15.1 Å². The highest BCUT2D eigenvalue weighted by atomic mass is 16.2. The average molecular weight is 329 g/mol. The first-order valence-electron chi connectivity index (χ1n) is 8.98. The molecule has 1 aliphatic carbocycles. The quantitative estimate of drug-likeness (QED) is 0.868. The van der Waals surface area contributed by atoms with Crippen LogP contribution in [0.3, 0.4) is 0 Å². The second kappa shape index (κ2) is 7.79. The lowest BCUT2D eigenvalue weighted by Crippen LogP contribution is -2.46. The molecule has 24 heavy (non-hydrogen) atoms. The molecule has 0 spiro atoms. The van der Waals surface area contributed by atoms with Gasteiger partial charge in [0.2, 0.25) is 11.8 Å². The lowest BCUT2D eigenvalue weighted by molar-refractivity contribution is -0.138. The fourth-order valence-electron chi connectivity index (χ4n) is 3.33. The number of carbonyl (C=O) groups is 2. The fraction of sp³-hybridized carbons (Fsp3) is 0.579. The molecule has 2 fully saturated rings. The minimum atomic E-state index is -0.394. The smallest absolute Gasteiger partial charge is 0.244 e. The van der Waals surface area contributed by atoms with Gasteiger partial charge in [0.1, 0.15) is 6.04 Å². The van der Waals surface area contributed by atoms with E-state index in [0.29, 0.717) is 6.04 Å². The zero-order chi connectivity index (χ0) is 16.9. The summed E-state index contributed by atoms with van der Waals surface area (Å²) in [6, 6.07) is 9.75. The average Bonchev–Trinajstić information content (AvgIpc) is 3.40. The van der Waals surface area contributed by atoms with E-state index >= 15 is 0 Å². The van der Waals surface area contributed by atoms with Crippen LogP contribution in [0.25, 0.3) is 0 Å². The molecule has 1 saturated heterocycles. The molecular formula is C19H27N3O2. The van der Waals surface area contributed by atoms with E-state index < -0.39 is 6.04 Å². The summed E-state index contributed by atoms with van der Waals surface area (Å²) in [5.74, 6) is 0.120. The van der Waals surface area contributed by atoms with Gasteiger partial charge in [-0.15, -0.1) is 0 Å². The zero-order valence-corrected chi connectivity index (χ0v) is 14.4. The highest BCUT2D eigenvalue weighted by molar-refractivity contribution is 5.85. The van der Waals surface area contributed by atoms with Gasteiger partial charge in [0.15, 0.2) is 0 Å². The van der Waals surface area contributed by atoms with Crippen molar-refractivity contribution in [3.8, 4) is 0 Å². The van der Waals surface area contributed by atoms with Crippen molar-refractivity contribution in [3.05, 3.63) is 35.9 Å². The Kier molecular flexibility index (Phi) is 5.51. The van der Waals surface area contributed by atoms with E-state index in [-0.39, 0.29) is 18.4 Å². The van der Waals surface area contributed by atoms with Crippen molar-refractivity contribution in [1.29, 1.82) is 0 Å². The molecule has 0 aromatic heterocycles. The van der Waals surface area contributed by atoms with Crippen LogP contribution in [0.2, 0.25) is 0 Å². The Bertz CT molecular complexity index is 565. The number of hydrogen-bond acceptors (Lipinski definition) is 3. The van der Waals surface area contributed by atoms with Crippen LogP contribution >= 0.6 is 0 Å². The van der Waals surface area contributed by atoms with Gasteiger partial charge < -0.3 is 10.2 Å². The Balaban J connectivity index is 1.73. The predicted octanol–water partition coefficient (Wildman–Crippen LogP) is 1.95. The molecule has 0 unspecified atom stereocenters. The van der Waals surface area contributed by atoms with Gasteiger partial charge in [-0.3, -0.25) is 14.5 Å². The van der Waals surface area contributed by atoms with Gasteiger partial charge in [-0.05, 0) is 44.7 Å². The minimum Gasteiger partial charge on any atom is -0.352 e. The fourth-order valence-corrected chi connectivity index (χ4v) is 3.33. The van der Waals surface area contributed by atoms with Gasteiger partial charge in [-0.2, -0.15) is 0 Å². The topological polar surface area (TPSA) is 52.7 Å². The Labute approximate surface area is 144 Å². The molecule has 1 aromatic carbocycles. The Morgan fingerprint density at radius 2 is 1.83 bits per heavy atom. The van der Waals surface area contributed by atoms with Gasteiger partial charge in [-0.25, -0.2) is 0 Å². The van der Waals surface area contributed by atoms with Crippen molar-refractivity contribution < 1.29 is 9.59 Å². The molecule has 2 amide bonds. The van der Waals surface area contributed by atoms with Crippen molar-refractivity contribution in [3.63, 3.8) is 0 Å². The lowest BCUT2D eigenvalue weighted by Gasteiger charge is -2.34. The van der Waals surface area contributed by atoms with Crippen LogP contribution in [0.5, 0.6) is 0 Å². The third-order valence-electron chi connectivity index (χ3n) is 4.79.